The van der Waals surface area contributed by atoms with Gasteiger partial charge in [-0.1, -0.05) is 0 Å². The van der Waals surface area contributed by atoms with Crippen molar-refractivity contribution in [3.8, 4) is 11.1 Å². The Morgan fingerprint density at radius 1 is 1.06 bits per heavy atom. The van der Waals surface area contributed by atoms with Gasteiger partial charge in [-0.3, -0.25) is 4.98 Å². The summed E-state index contributed by atoms with van der Waals surface area (Å²) in [5.74, 6) is 0.396. The highest BCUT2D eigenvalue weighted by molar-refractivity contribution is 5.78. The summed E-state index contributed by atoms with van der Waals surface area (Å²) in [6.07, 6.45) is 3.50. The molecule has 2 heterocycles. The number of pyridine rings is 2. The van der Waals surface area contributed by atoms with Crippen LogP contribution in [-0.4, -0.2) is 9.97 Å². The Balaban J connectivity index is 2.71. The lowest BCUT2D eigenvalue weighted by molar-refractivity contribution is 1.19. The fourth-order valence-corrected chi connectivity index (χ4v) is 1.84. The van der Waals surface area contributed by atoms with Gasteiger partial charge in [0.15, 0.2) is 0 Å². The topological polar surface area (TPSA) is 77.8 Å². The maximum Gasteiger partial charge on any atom is 0.147 e. The molecule has 2 aromatic rings. The molecule has 0 fully saturated rings. The monoisotopic (exact) mass is 214 g/mol. The molecule has 0 radical (unpaired) electrons. The first-order valence-electron chi connectivity index (χ1n) is 5.03. The van der Waals surface area contributed by atoms with Crippen LogP contribution in [-0.2, 0) is 0 Å². The van der Waals surface area contributed by atoms with Crippen molar-refractivity contribution in [1.29, 1.82) is 0 Å². The van der Waals surface area contributed by atoms with Gasteiger partial charge in [0.05, 0.1) is 5.69 Å². The number of nitrogen functional groups attached to an aromatic ring is 2. The van der Waals surface area contributed by atoms with Crippen LogP contribution in [0, 0.1) is 13.8 Å². The number of anilines is 2. The van der Waals surface area contributed by atoms with Crippen molar-refractivity contribution in [3.05, 3.63) is 35.8 Å². The normalized spacial score (nSPS) is 10.4. The van der Waals surface area contributed by atoms with Gasteiger partial charge in [0.25, 0.3) is 0 Å². The van der Waals surface area contributed by atoms with Crippen LogP contribution in [0.25, 0.3) is 11.1 Å². The largest absolute Gasteiger partial charge is 0.396 e. The average Bonchev–Trinajstić information content (AvgIpc) is 2.28. The van der Waals surface area contributed by atoms with Crippen molar-refractivity contribution in [2.45, 2.75) is 13.8 Å². The van der Waals surface area contributed by atoms with Gasteiger partial charge < -0.3 is 11.5 Å². The van der Waals surface area contributed by atoms with Gasteiger partial charge in [-0.2, -0.15) is 0 Å². The number of hydrogen-bond acceptors (Lipinski definition) is 4. The van der Waals surface area contributed by atoms with Crippen molar-refractivity contribution >= 4 is 11.5 Å². The average molecular weight is 214 g/mol. The number of nitrogens with two attached hydrogens (primary N) is 2. The van der Waals surface area contributed by atoms with Gasteiger partial charge in [-0.05, 0) is 37.1 Å². The Morgan fingerprint density at radius 3 is 2.31 bits per heavy atom. The van der Waals surface area contributed by atoms with E-state index in [0.717, 1.165) is 22.4 Å². The summed E-state index contributed by atoms with van der Waals surface area (Å²) in [7, 11) is 0. The highest BCUT2D eigenvalue weighted by atomic mass is 14.9. The van der Waals surface area contributed by atoms with Crippen molar-refractivity contribution in [2.75, 3.05) is 11.5 Å². The second kappa shape index (κ2) is 3.81. The van der Waals surface area contributed by atoms with Gasteiger partial charge >= 0.3 is 0 Å². The fraction of sp³-hybridized carbons (Fsp3) is 0.167. The lowest BCUT2D eigenvalue weighted by Crippen LogP contribution is -2.04. The van der Waals surface area contributed by atoms with Crippen molar-refractivity contribution in [1.82, 2.24) is 9.97 Å². The van der Waals surface area contributed by atoms with Crippen molar-refractivity contribution in [2.24, 2.45) is 0 Å². The highest BCUT2D eigenvalue weighted by Crippen LogP contribution is 2.31. The molecular formula is C12H14N4. The lowest BCUT2D eigenvalue weighted by Gasteiger charge is -2.13. The second-order valence-electron chi connectivity index (χ2n) is 3.73. The quantitative estimate of drug-likeness (QED) is 0.760. The zero-order valence-electron chi connectivity index (χ0n) is 9.36. The molecule has 4 nitrogen and oxygen atoms in total. The Bertz CT molecular complexity index is 520. The molecule has 0 bridgehead atoms. The number of hydrogen-bond donors (Lipinski definition) is 2. The van der Waals surface area contributed by atoms with E-state index in [1.54, 1.807) is 12.4 Å². The highest BCUT2D eigenvalue weighted by Gasteiger charge is 2.11. The predicted molar refractivity (Wildman–Crippen MR) is 65.8 cm³/mol. The van der Waals surface area contributed by atoms with Crippen LogP contribution in [0.1, 0.15) is 11.3 Å². The molecule has 4 heteroatoms. The first-order valence-corrected chi connectivity index (χ1v) is 5.03. The maximum atomic E-state index is 5.89. The van der Waals surface area contributed by atoms with E-state index in [4.69, 9.17) is 11.5 Å². The Kier molecular flexibility index (Phi) is 2.48. The first-order chi connectivity index (χ1) is 7.61. The van der Waals surface area contributed by atoms with Crippen LogP contribution in [0.5, 0.6) is 0 Å². The van der Waals surface area contributed by atoms with E-state index in [9.17, 15) is 0 Å². The van der Waals surface area contributed by atoms with E-state index < -0.39 is 0 Å². The molecule has 0 spiro atoms. The smallest absolute Gasteiger partial charge is 0.147 e. The van der Waals surface area contributed by atoms with Crippen LogP contribution in [0.15, 0.2) is 24.5 Å². The van der Waals surface area contributed by atoms with E-state index in [0.29, 0.717) is 11.5 Å². The molecule has 82 valence electrons. The summed E-state index contributed by atoms with van der Waals surface area (Å²) in [5, 5.41) is 0. The molecule has 0 aliphatic heterocycles. The summed E-state index contributed by atoms with van der Waals surface area (Å²) >= 11 is 0. The van der Waals surface area contributed by atoms with Crippen LogP contribution >= 0.6 is 0 Å². The molecule has 0 aliphatic carbocycles. The number of aromatic nitrogens is 2. The van der Waals surface area contributed by atoms with E-state index in [-0.39, 0.29) is 0 Å². The summed E-state index contributed by atoms with van der Waals surface area (Å²) in [6, 6.07) is 3.87. The Hall–Kier alpha value is -2.10. The minimum atomic E-state index is 0.396. The number of nitrogens with zero attached hydrogens (tertiary/aromatic N) is 2. The van der Waals surface area contributed by atoms with E-state index in [2.05, 4.69) is 9.97 Å². The molecule has 2 aromatic heterocycles. The summed E-state index contributed by atoms with van der Waals surface area (Å²) in [5.41, 5.74) is 16.1. The van der Waals surface area contributed by atoms with Gasteiger partial charge in [0.2, 0.25) is 0 Å². The zero-order chi connectivity index (χ0) is 11.7. The lowest BCUT2D eigenvalue weighted by atomic mass is 9.99. The minimum absolute atomic E-state index is 0.396. The van der Waals surface area contributed by atoms with Crippen molar-refractivity contribution in [3.63, 3.8) is 0 Å². The van der Waals surface area contributed by atoms with Crippen LogP contribution in [0.4, 0.5) is 11.5 Å². The number of rotatable bonds is 1. The summed E-state index contributed by atoms with van der Waals surface area (Å²) in [6.45, 7) is 3.88. The molecule has 2 rings (SSSR count). The van der Waals surface area contributed by atoms with Crippen LogP contribution < -0.4 is 11.5 Å². The van der Waals surface area contributed by atoms with E-state index in [1.807, 2.05) is 26.0 Å². The molecule has 0 aromatic carbocycles. The Labute approximate surface area is 94.3 Å². The van der Waals surface area contributed by atoms with E-state index >= 15 is 0 Å². The van der Waals surface area contributed by atoms with Crippen LogP contribution in [0.3, 0.4) is 0 Å². The molecule has 0 aliphatic rings. The standard InChI is InChI=1S/C12H14N4/c1-7-10(9-3-5-15-6-4-9)8(2)16-12(14)11(7)13/h3-6H,13H2,1-2H3,(H2,14,16). The molecule has 0 unspecified atom stereocenters. The molecular weight excluding hydrogens is 200 g/mol. The van der Waals surface area contributed by atoms with Crippen LogP contribution in [0.2, 0.25) is 0 Å². The molecule has 0 saturated carbocycles. The summed E-state index contributed by atoms with van der Waals surface area (Å²) in [4.78, 5) is 8.24. The Morgan fingerprint density at radius 2 is 1.69 bits per heavy atom. The van der Waals surface area contributed by atoms with Gasteiger partial charge in [0, 0.05) is 23.7 Å². The molecule has 16 heavy (non-hydrogen) atoms. The zero-order valence-corrected chi connectivity index (χ0v) is 9.36. The SMILES string of the molecule is Cc1nc(N)c(N)c(C)c1-c1ccncc1. The van der Waals surface area contributed by atoms with E-state index in [1.165, 1.54) is 0 Å². The third-order valence-electron chi connectivity index (χ3n) is 2.67. The third kappa shape index (κ3) is 1.58. The molecule has 0 amide bonds. The predicted octanol–water partition coefficient (Wildman–Crippen LogP) is 1.92. The minimum Gasteiger partial charge on any atom is -0.396 e. The molecule has 4 N–H and O–H groups in total. The fourth-order valence-electron chi connectivity index (χ4n) is 1.84. The van der Waals surface area contributed by atoms with Crippen molar-refractivity contribution < 1.29 is 0 Å². The summed E-state index contributed by atoms with van der Waals surface area (Å²) < 4.78 is 0. The van der Waals surface area contributed by atoms with Gasteiger partial charge in [0.1, 0.15) is 5.82 Å². The van der Waals surface area contributed by atoms with Gasteiger partial charge in [-0.15, -0.1) is 0 Å². The van der Waals surface area contributed by atoms with Gasteiger partial charge in [-0.25, -0.2) is 4.98 Å². The second-order valence-corrected chi connectivity index (χ2v) is 3.73. The first kappa shape index (κ1) is 10.4. The third-order valence-corrected chi connectivity index (χ3v) is 2.67. The molecule has 0 saturated heterocycles. The maximum absolute atomic E-state index is 5.89. The number of aryl methyl sites for hydroxylation is 1. The molecule has 0 atom stereocenters.